The van der Waals surface area contributed by atoms with Crippen LogP contribution in [0.25, 0.3) is 22.5 Å². The van der Waals surface area contributed by atoms with Crippen LogP contribution in [0.2, 0.25) is 0 Å². The smallest absolute Gasteiger partial charge is 0.319 e. The Labute approximate surface area is 258 Å². The van der Waals surface area contributed by atoms with Gasteiger partial charge in [-0.05, 0) is 79.4 Å². The van der Waals surface area contributed by atoms with E-state index in [2.05, 4.69) is 39.8 Å². The van der Waals surface area contributed by atoms with Crippen LogP contribution in [0.1, 0.15) is 54.0 Å². The number of fused-ring (bicyclic) bond motifs is 1. The Hall–Kier alpha value is -5.10. The number of H-pyrrole nitrogens is 1. The minimum Gasteiger partial charge on any atom is -0.480 e. The van der Waals surface area contributed by atoms with Crippen LogP contribution in [0.15, 0.2) is 54.6 Å². The van der Waals surface area contributed by atoms with Crippen molar-refractivity contribution in [3.63, 3.8) is 0 Å². The van der Waals surface area contributed by atoms with Gasteiger partial charge in [0.15, 0.2) is 0 Å². The minimum atomic E-state index is -1.42. The summed E-state index contributed by atoms with van der Waals surface area (Å²) in [4.78, 5) is 44.5. The average Bonchev–Trinajstić information content (AvgIpc) is 3.62. The fourth-order valence-electron chi connectivity index (χ4n) is 5.09. The number of nitrogens with one attached hydrogen (secondary N) is 4. The van der Waals surface area contributed by atoms with Gasteiger partial charge in [0.2, 0.25) is 5.91 Å². The summed E-state index contributed by atoms with van der Waals surface area (Å²) < 4.78 is 27.3. The third-order valence-electron chi connectivity index (χ3n) is 7.87. The molecule has 0 atom stereocenters. The number of amides is 2. The Morgan fingerprint density at radius 3 is 2.31 bits per heavy atom. The lowest BCUT2D eigenvalue weighted by Crippen LogP contribution is -2.31. The monoisotopic (exact) mass is 616 g/mol. The minimum absolute atomic E-state index is 0.176. The van der Waals surface area contributed by atoms with Gasteiger partial charge in [0.25, 0.3) is 5.91 Å². The zero-order valence-corrected chi connectivity index (χ0v) is 25.1. The molecular weight excluding hydrogens is 582 g/mol. The molecule has 4 aromatic rings. The molecule has 0 saturated heterocycles. The number of aromatic nitrogens is 2. The standard InChI is InChI=1S/C27H28FN5O4.C6H6FN/c1-13(2)29-12-21-14(3)31-23(33-21)18-7-6-16(19-11-30-24(34)22(18)19)17-5-4-15(10-20(17)28)32-25(35)27(8-9-27)26(36)37;7-5-1-3-6(8)4-2-5/h4-7,10,13,29H,8-9,11-12H2,1-3H3,(H,30,34)(H,31,33)(H,32,35)(H,36,37);1-4H,8H2. The first kappa shape index (κ1) is 31.3. The quantitative estimate of drug-likeness (QED) is 0.118. The van der Waals surface area contributed by atoms with Crippen LogP contribution >= 0.6 is 0 Å². The van der Waals surface area contributed by atoms with Crippen molar-refractivity contribution in [1.29, 1.82) is 0 Å². The van der Waals surface area contributed by atoms with Crippen molar-refractivity contribution in [2.24, 2.45) is 5.41 Å². The molecule has 1 aliphatic heterocycles. The van der Waals surface area contributed by atoms with Crippen molar-refractivity contribution >= 4 is 29.2 Å². The molecule has 2 heterocycles. The summed E-state index contributed by atoms with van der Waals surface area (Å²) in [5, 5.41) is 18.0. The maximum atomic E-state index is 15.3. The molecule has 6 rings (SSSR count). The van der Waals surface area contributed by atoms with Crippen molar-refractivity contribution < 1.29 is 28.3 Å². The number of hydrogen-bond donors (Lipinski definition) is 6. The Morgan fingerprint density at radius 2 is 1.71 bits per heavy atom. The van der Waals surface area contributed by atoms with Gasteiger partial charge in [-0.25, -0.2) is 13.8 Å². The topological polar surface area (TPSA) is 162 Å². The number of carboxylic acid groups (broad SMARTS) is 1. The zero-order valence-electron chi connectivity index (χ0n) is 25.1. The number of aromatic amines is 1. The number of aryl methyl sites for hydroxylation is 1. The largest absolute Gasteiger partial charge is 0.480 e. The number of halogens is 2. The molecule has 45 heavy (non-hydrogen) atoms. The maximum Gasteiger partial charge on any atom is 0.319 e. The van der Waals surface area contributed by atoms with E-state index in [0.29, 0.717) is 46.4 Å². The number of benzene rings is 3. The van der Waals surface area contributed by atoms with Gasteiger partial charge in [0, 0.05) is 41.6 Å². The molecule has 10 nitrogen and oxygen atoms in total. The number of rotatable bonds is 8. The number of hydrogen-bond acceptors (Lipinski definition) is 6. The summed E-state index contributed by atoms with van der Waals surface area (Å²) in [5.41, 5.74) is 8.94. The second-order valence-electron chi connectivity index (χ2n) is 11.5. The summed E-state index contributed by atoms with van der Waals surface area (Å²) in [6.45, 7) is 6.88. The number of carboxylic acids is 1. The van der Waals surface area contributed by atoms with Gasteiger partial charge in [-0.3, -0.25) is 14.4 Å². The van der Waals surface area contributed by atoms with Crippen LogP contribution in [-0.4, -0.2) is 38.9 Å². The lowest BCUT2D eigenvalue weighted by Gasteiger charge is -2.14. The second-order valence-corrected chi connectivity index (χ2v) is 11.5. The number of carbonyl (C=O) groups excluding carboxylic acids is 2. The summed E-state index contributed by atoms with van der Waals surface area (Å²) in [6.07, 6.45) is 0.526. The van der Waals surface area contributed by atoms with Crippen LogP contribution < -0.4 is 21.7 Å². The molecule has 1 fully saturated rings. The highest BCUT2D eigenvalue weighted by atomic mass is 19.1. The molecule has 3 aromatic carbocycles. The molecule has 1 saturated carbocycles. The number of nitrogens with two attached hydrogens (primary N) is 1. The van der Waals surface area contributed by atoms with Gasteiger partial charge in [0.05, 0.1) is 17.0 Å². The Kier molecular flexibility index (Phi) is 8.69. The fourth-order valence-corrected chi connectivity index (χ4v) is 5.09. The molecule has 0 spiro atoms. The fraction of sp³-hybridized carbons (Fsp3) is 0.273. The van der Waals surface area contributed by atoms with Crippen molar-refractivity contribution in [2.75, 3.05) is 11.1 Å². The number of nitrogens with zero attached hydrogens (tertiary/aromatic N) is 1. The highest BCUT2D eigenvalue weighted by Crippen LogP contribution is 2.47. The van der Waals surface area contributed by atoms with Gasteiger partial charge in [-0.2, -0.15) is 0 Å². The van der Waals surface area contributed by atoms with Crippen molar-refractivity contribution in [3.05, 3.63) is 88.7 Å². The van der Waals surface area contributed by atoms with Crippen LogP contribution in [0, 0.1) is 24.0 Å². The number of anilines is 2. The molecule has 2 amide bonds. The van der Waals surface area contributed by atoms with Crippen molar-refractivity contribution in [2.45, 2.75) is 52.7 Å². The lowest BCUT2D eigenvalue weighted by atomic mass is 9.92. The van der Waals surface area contributed by atoms with Crippen LogP contribution in [0.4, 0.5) is 20.2 Å². The molecule has 0 radical (unpaired) electrons. The van der Waals surface area contributed by atoms with Gasteiger partial charge in [-0.1, -0.05) is 19.9 Å². The Bertz CT molecular complexity index is 1760. The lowest BCUT2D eigenvalue weighted by molar-refractivity contribution is -0.147. The van der Waals surface area contributed by atoms with E-state index in [1.807, 2.05) is 6.92 Å². The van der Waals surface area contributed by atoms with E-state index in [9.17, 15) is 23.9 Å². The summed E-state index contributed by atoms with van der Waals surface area (Å²) in [5.74, 6) is -2.35. The third kappa shape index (κ3) is 6.55. The summed E-state index contributed by atoms with van der Waals surface area (Å²) in [6, 6.07) is 13.8. The number of carbonyl (C=O) groups is 3. The first-order valence-corrected chi connectivity index (χ1v) is 14.5. The second kappa shape index (κ2) is 12.5. The third-order valence-corrected chi connectivity index (χ3v) is 7.87. The van der Waals surface area contributed by atoms with E-state index in [4.69, 9.17) is 5.73 Å². The van der Waals surface area contributed by atoms with Gasteiger partial charge >= 0.3 is 5.97 Å². The SMILES string of the molecule is Cc1nc(-c2ccc(-c3ccc(NC(=O)C4(C(=O)O)CC4)cc3F)c3c2C(=O)NC3)[nH]c1CNC(C)C.Nc1ccc(F)cc1. The maximum absolute atomic E-state index is 15.3. The van der Waals surface area contributed by atoms with Gasteiger partial charge in [0.1, 0.15) is 22.9 Å². The predicted octanol–water partition coefficient (Wildman–Crippen LogP) is 5.14. The van der Waals surface area contributed by atoms with Crippen LogP contribution in [0.3, 0.4) is 0 Å². The average molecular weight is 617 g/mol. The highest BCUT2D eigenvalue weighted by molar-refractivity contribution is 6.11. The van der Waals surface area contributed by atoms with E-state index in [1.165, 1.54) is 42.5 Å². The zero-order chi connectivity index (χ0) is 32.5. The van der Waals surface area contributed by atoms with Gasteiger partial charge in [-0.15, -0.1) is 0 Å². The number of nitrogen functional groups attached to an aromatic ring is 1. The molecule has 1 aliphatic carbocycles. The summed E-state index contributed by atoms with van der Waals surface area (Å²) in [7, 11) is 0. The number of imidazole rings is 1. The van der Waals surface area contributed by atoms with Crippen molar-refractivity contribution in [1.82, 2.24) is 20.6 Å². The molecule has 0 bridgehead atoms. The molecule has 12 heteroatoms. The van der Waals surface area contributed by atoms with Crippen LogP contribution in [-0.2, 0) is 22.7 Å². The molecule has 7 N–H and O–H groups in total. The highest BCUT2D eigenvalue weighted by Gasteiger charge is 2.57. The first-order valence-electron chi connectivity index (χ1n) is 14.5. The van der Waals surface area contributed by atoms with E-state index in [1.54, 1.807) is 12.1 Å². The van der Waals surface area contributed by atoms with Crippen molar-refractivity contribution in [3.8, 4) is 22.5 Å². The van der Waals surface area contributed by atoms with E-state index in [0.717, 1.165) is 11.4 Å². The Balaban J connectivity index is 0.000000436. The molecule has 1 aromatic heterocycles. The summed E-state index contributed by atoms with van der Waals surface area (Å²) >= 11 is 0. The first-order chi connectivity index (χ1) is 21.4. The predicted molar refractivity (Wildman–Crippen MR) is 166 cm³/mol. The Morgan fingerprint density at radius 1 is 1.04 bits per heavy atom. The van der Waals surface area contributed by atoms with E-state index >= 15 is 4.39 Å². The molecule has 2 aliphatic rings. The van der Waals surface area contributed by atoms with Gasteiger partial charge < -0.3 is 31.8 Å². The van der Waals surface area contributed by atoms with E-state index < -0.39 is 23.1 Å². The van der Waals surface area contributed by atoms with E-state index in [-0.39, 0.29) is 42.4 Å². The normalized spacial score (nSPS) is 14.3. The molecular formula is C33H34F2N6O4. The van der Waals surface area contributed by atoms with Crippen LogP contribution in [0.5, 0.6) is 0 Å². The molecule has 234 valence electrons. The molecule has 0 unspecified atom stereocenters. The number of aliphatic carboxylic acids is 1.